The Bertz CT molecular complexity index is 838. The van der Waals surface area contributed by atoms with Gasteiger partial charge in [0.25, 0.3) is 5.91 Å². The largest absolute Gasteiger partial charge is 0.334 e. The molecule has 1 aliphatic heterocycles. The summed E-state index contributed by atoms with van der Waals surface area (Å²) < 4.78 is 3.55. The Balaban J connectivity index is 1.65. The first kappa shape index (κ1) is 13.9. The van der Waals surface area contributed by atoms with E-state index in [2.05, 4.69) is 15.2 Å². The molecule has 3 aromatic rings. The topological polar surface area (TPSA) is 68.3 Å². The first-order chi connectivity index (χ1) is 11.2. The van der Waals surface area contributed by atoms with E-state index in [9.17, 15) is 4.79 Å². The minimum absolute atomic E-state index is 0.0193. The fourth-order valence-corrected chi connectivity index (χ4v) is 3.31. The number of hydrogen-bond donors (Lipinski definition) is 0. The Hall–Kier alpha value is -2.70. The average molecular weight is 310 g/mol. The van der Waals surface area contributed by atoms with Crippen molar-refractivity contribution in [2.45, 2.75) is 32.4 Å². The standard InChI is InChI=1S/C16H18N6O/c1-12-14(15-17-6-3-10-22(15)19-12)16(23)21-9-2-5-13(21)11-20-8-4-7-18-20/h3-4,6-8,10,13H,2,5,9,11H2,1H3/t13-/m1/s1. The van der Waals surface area contributed by atoms with E-state index < -0.39 is 0 Å². The summed E-state index contributed by atoms with van der Waals surface area (Å²) in [5, 5.41) is 8.65. The molecule has 0 spiro atoms. The van der Waals surface area contributed by atoms with Crippen molar-refractivity contribution in [2.75, 3.05) is 6.54 Å². The van der Waals surface area contributed by atoms with Crippen molar-refractivity contribution in [1.29, 1.82) is 0 Å². The van der Waals surface area contributed by atoms with Crippen LogP contribution >= 0.6 is 0 Å². The van der Waals surface area contributed by atoms with Crippen LogP contribution in [0.15, 0.2) is 36.9 Å². The van der Waals surface area contributed by atoms with Gasteiger partial charge in [0, 0.05) is 31.3 Å². The van der Waals surface area contributed by atoms with Crippen LogP contribution in [0.25, 0.3) is 5.65 Å². The van der Waals surface area contributed by atoms with E-state index in [1.54, 1.807) is 16.9 Å². The highest BCUT2D eigenvalue weighted by atomic mass is 16.2. The number of amides is 1. The fourth-order valence-electron chi connectivity index (χ4n) is 3.31. The lowest BCUT2D eigenvalue weighted by molar-refractivity contribution is 0.0722. The summed E-state index contributed by atoms with van der Waals surface area (Å²) in [6.45, 7) is 3.36. The Kier molecular flexibility index (Phi) is 3.33. The van der Waals surface area contributed by atoms with Gasteiger partial charge in [-0.15, -0.1) is 0 Å². The van der Waals surface area contributed by atoms with Crippen molar-refractivity contribution in [3.8, 4) is 0 Å². The average Bonchev–Trinajstić information content (AvgIpc) is 3.26. The number of nitrogens with zero attached hydrogens (tertiary/aromatic N) is 6. The number of likely N-dealkylation sites (tertiary alicyclic amines) is 1. The van der Waals surface area contributed by atoms with Gasteiger partial charge in [0.05, 0.1) is 18.3 Å². The van der Waals surface area contributed by atoms with Gasteiger partial charge in [0.1, 0.15) is 5.56 Å². The zero-order valence-corrected chi connectivity index (χ0v) is 13.0. The van der Waals surface area contributed by atoms with E-state index >= 15 is 0 Å². The second-order valence-corrected chi connectivity index (χ2v) is 5.87. The molecule has 7 heteroatoms. The van der Waals surface area contributed by atoms with Crippen LogP contribution in [0.5, 0.6) is 0 Å². The van der Waals surface area contributed by atoms with Crippen LogP contribution < -0.4 is 0 Å². The van der Waals surface area contributed by atoms with Gasteiger partial charge >= 0.3 is 0 Å². The Morgan fingerprint density at radius 3 is 3.00 bits per heavy atom. The molecule has 0 radical (unpaired) electrons. The second-order valence-electron chi connectivity index (χ2n) is 5.87. The van der Waals surface area contributed by atoms with Crippen LogP contribution in [-0.2, 0) is 6.54 Å². The van der Waals surface area contributed by atoms with Gasteiger partial charge in [-0.2, -0.15) is 10.2 Å². The van der Waals surface area contributed by atoms with E-state index in [-0.39, 0.29) is 11.9 Å². The summed E-state index contributed by atoms with van der Waals surface area (Å²) in [4.78, 5) is 19.4. The van der Waals surface area contributed by atoms with Crippen LogP contribution in [0.4, 0.5) is 0 Å². The van der Waals surface area contributed by atoms with Crippen molar-refractivity contribution < 1.29 is 4.79 Å². The molecule has 3 aromatic heterocycles. The third-order valence-electron chi connectivity index (χ3n) is 4.38. The molecule has 0 aromatic carbocycles. The van der Waals surface area contributed by atoms with E-state index in [1.165, 1.54) is 0 Å². The highest BCUT2D eigenvalue weighted by molar-refractivity contribution is 6.01. The molecule has 1 saturated heterocycles. The molecule has 118 valence electrons. The summed E-state index contributed by atoms with van der Waals surface area (Å²) >= 11 is 0. The fraction of sp³-hybridized carbons (Fsp3) is 0.375. The van der Waals surface area contributed by atoms with Gasteiger partial charge in [-0.05, 0) is 31.9 Å². The van der Waals surface area contributed by atoms with E-state index in [0.29, 0.717) is 11.2 Å². The maximum absolute atomic E-state index is 13.1. The number of aromatic nitrogens is 5. The molecule has 4 heterocycles. The minimum Gasteiger partial charge on any atom is -0.334 e. The van der Waals surface area contributed by atoms with Crippen molar-refractivity contribution in [3.63, 3.8) is 0 Å². The Morgan fingerprint density at radius 1 is 1.30 bits per heavy atom. The lowest BCUT2D eigenvalue weighted by Crippen LogP contribution is -2.38. The molecule has 1 atom stereocenters. The molecule has 23 heavy (non-hydrogen) atoms. The normalized spacial score (nSPS) is 18.0. The van der Waals surface area contributed by atoms with E-state index in [4.69, 9.17) is 0 Å². The Labute approximate surface area is 133 Å². The molecule has 4 rings (SSSR count). The van der Waals surface area contributed by atoms with Gasteiger partial charge in [-0.3, -0.25) is 9.48 Å². The molecule has 0 saturated carbocycles. The lowest BCUT2D eigenvalue weighted by atomic mass is 10.2. The molecule has 0 aliphatic carbocycles. The molecule has 0 N–H and O–H groups in total. The molecule has 7 nitrogen and oxygen atoms in total. The SMILES string of the molecule is Cc1nn2cccnc2c1C(=O)N1CCC[C@@H]1Cn1cccn1. The van der Waals surface area contributed by atoms with Crippen LogP contribution in [0.3, 0.4) is 0 Å². The first-order valence-electron chi connectivity index (χ1n) is 7.82. The molecular formula is C16H18N6O. The zero-order valence-electron chi connectivity index (χ0n) is 13.0. The summed E-state index contributed by atoms with van der Waals surface area (Å²) in [6, 6.07) is 3.88. The smallest absolute Gasteiger partial charge is 0.259 e. The first-order valence-corrected chi connectivity index (χ1v) is 7.82. The Morgan fingerprint density at radius 2 is 2.17 bits per heavy atom. The number of fused-ring (bicyclic) bond motifs is 1. The summed E-state index contributed by atoms with van der Waals surface area (Å²) in [5.74, 6) is 0.0193. The molecule has 1 amide bonds. The molecule has 1 fully saturated rings. The lowest BCUT2D eigenvalue weighted by Gasteiger charge is -2.24. The number of carbonyl (C=O) groups is 1. The third kappa shape index (κ3) is 2.38. The van der Waals surface area contributed by atoms with Gasteiger partial charge in [-0.1, -0.05) is 0 Å². The second kappa shape index (κ2) is 5.49. The summed E-state index contributed by atoms with van der Waals surface area (Å²) in [5.41, 5.74) is 1.95. The summed E-state index contributed by atoms with van der Waals surface area (Å²) in [7, 11) is 0. The van der Waals surface area contributed by atoms with Gasteiger partial charge in [-0.25, -0.2) is 9.50 Å². The number of carbonyl (C=O) groups excluding carboxylic acids is 1. The zero-order chi connectivity index (χ0) is 15.8. The molecule has 1 aliphatic rings. The summed E-state index contributed by atoms with van der Waals surface area (Å²) in [6.07, 6.45) is 9.22. The van der Waals surface area contributed by atoms with Crippen molar-refractivity contribution >= 4 is 11.6 Å². The predicted molar refractivity (Wildman–Crippen MR) is 84.0 cm³/mol. The molecule has 0 unspecified atom stereocenters. The van der Waals surface area contributed by atoms with Crippen LogP contribution in [0, 0.1) is 6.92 Å². The quantitative estimate of drug-likeness (QED) is 0.736. The van der Waals surface area contributed by atoms with E-state index in [0.717, 1.165) is 31.6 Å². The number of hydrogen-bond acceptors (Lipinski definition) is 4. The maximum atomic E-state index is 13.1. The van der Waals surface area contributed by atoms with Crippen LogP contribution in [0.1, 0.15) is 28.9 Å². The molecule has 0 bridgehead atoms. The van der Waals surface area contributed by atoms with Crippen LogP contribution in [-0.4, -0.2) is 47.8 Å². The van der Waals surface area contributed by atoms with Crippen molar-refractivity contribution in [1.82, 2.24) is 29.3 Å². The third-order valence-corrected chi connectivity index (χ3v) is 4.38. The van der Waals surface area contributed by atoms with Gasteiger partial charge in [0.2, 0.25) is 0 Å². The van der Waals surface area contributed by atoms with Crippen molar-refractivity contribution in [2.24, 2.45) is 0 Å². The highest BCUT2D eigenvalue weighted by Crippen LogP contribution is 2.24. The maximum Gasteiger partial charge on any atom is 0.259 e. The van der Waals surface area contributed by atoms with E-state index in [1.807, 2.05) is 41.0 Å². The van der Waals surface area contributed by atoms with Crippen molar-refractivity contribution in [3.05, 3.63) is 48.2 Å². The number of aryl methyl sites for hydroxylation is 1. The molecular weight excluding hydrogens is 292 g/mol. The minimum atomic E-state index is 0.0193. The van der Waals surface area contributed by atoms with Crippen LogP contribution in [0.2, 0.25) is 0 Å². The monoisotopic (exact) mass is 310 g/mol. The number of rotatable bonds is 3. The van der Waals surface area contributed by atoms with Gasteiger partial charge < -0.3 is 4.90 Å². The predicted octanol–water partition coefficient (Wildman–Crippen LogP) is 1.54. The van der Waals surface area contributed by atoms with Gasteiger partial charge in [0.15, 0.2) is 5.65 Å². The highest BCUT2D eigenvalue weighted by Gasteiger charge is 2.32.